The van der Waals surface area contributed by atoms with E-state index in [0.29, 0.717) is 5.75 Å². The molecular formula is C19H17N3O2. The molecule has 1 amide bonds. The fourth-order valence-electron chi connectivity index (χ4n) is 2.26. The summed E-state index contributed by atoms with van der Waals surface area (Å²) in [4.78, 5) is 16.1. The van der Waals surface area contributed by atoms with Gasteiger partial charge in [-0.2, -0.15) is 5.10 Å². The van der Waals surface area contributed by atoms with Gasteiger partial charge in [0.1, 0.15) is 5.75 Å². The van der Waals surface area contributed by atoms with Gasteiger partial charge in [0.2, 0.25) is 0 Å². The van der Waals surface area contributed by atoms with E-state index in [1.54, 1.807) is 25.4 Å². The minimum atomic E-state index is -0.665. The number of fused-ring (bicyclic) bond motifs is 1. The first-order valence-corrected chi connectivity index (χ1v) is 7.61. The van der Waals surface area contributed by atoms with Gasteiger partial charge in [-0.25, -0.2) is 5.43 Å². The predicted octanol–water partition coefficient (Wildman–Crippen LogP) is 3.15. The van der Waals surface area contributed by atoms with E-state index < -0.39 is 6.10 Å². The summed E-state index contributed by atoms with van der Waals surface area (Å²) < 4.78 is 5.79. The van der Waals surface area contributed by atoms with Crippen LogP contribution in [0.3, 0.4) is 0 Å². The third kappa shape index (κ3) is 3.76. The van der Waals surface area contributed by atoms with Gasteiger partial charge < -0.3 is 4.74 Å². The highest BCUT2D eigenvalue weighted by Gasteiger charge is 2.15. The lowest BCUT2D eigenvalue weighted by Crippen LogP contribution is -2.33. The minimum Gasteiger partial charge on any atom is -0.480 e. The number of hydrogen-bond donors (Lipinski definition) is 1. The normalized spacial score (nSPS) is 12.2. The van der Waals surface area contributed by atoms with Crippen molar-refractivity contribution in [1.82, 2.24) is 10.4 Å². The SMILES string of the molecule is C[C@H](Oc1cccc2ccccc12)C(=O)N/N=C\c1cccnc1. The fourth-order valence-corrected chi connectivity index (χ4v) is 2.26. The number of hydrazone groups is 1. The Hall–Kier alpha value is -3.21. The maximum absolute atomic E-state index is 12.1. The fraction of sp³-hybridized carbons (Fsp3) is 0.105. The number of nitrogens with one attached hydrogen (secondary N) is 1. The Balaban J connectivity index is 1.64. The molecule has 24 heavy (non-hydrogen) atoms. The largest absolute Gasteiger partial charge is 0.480 e. The number of rotatable bonds is 5. The molecule has 1 N–H and O–H groups in total. The quantitative estimate of drug-likeness (QED) is 0.580. The minimum absolute atomic E-state index is 0.317. The van der Waals surface area contributed by atoms with Crippen LogP contribution in [0.1, 0.15) is 12.5 Å². The van der Waals surface area contributed by atoms with Gasteiger partial charge in [0.25, 0.3) is 5.91 Å². The van der Waals surface area contributed by atoms with Crippen LogP contribution in [0, 0.1) is 0 Å². The number of benzene rings is 2. The molecule has 1 heterocycles. The lowest BCUT2D eigenvalue weighted by Gasteiger charge is -2.14. The molecule has 3 aromatic rings. The lowest BCUT2D eigenvalue weighted by atomic mass is 10.1. The lowest BCUT2D eigenvalue weighted by molar-refractivity contribution is -0.127. The van der Waals surface area contributed by atoms with Crippen LogP contribution in [0.4, 0.5) is 0 Å². The maximum atomic E-state index is 12.1. The van der Waals surface area contributed by atoms with Crippen molar-refractivity contribution in [3.63, 3.8) is 0 Å². The van der Waals surface area contributed by atoms with E-state index in [-0.39, 0.29) is 5.91 Å². The second-order valence-corrected chi connectivity index (χ2v) is 5.26. The summed E-state index contributed by atoms with van der Waals surface area (Å²) in [6, 6.07) is 17.3. The van der Waals surface area contributed by atoms with Crippen molar-refractivity contribution in [3.05, 3.63) is 72.6 Å². The van der Waals surface area contributed by atoms with Crippen LogP contribution in [0.2, 0.25) is 0 Å². The van der Waals surface area contributed by atoms with Crippen molar-refractivity contribution in [3.8, 4) is 5.75 Å². The van der Waals surface area contributed by atoms with Gasteiger partial charge in [0.15, 0.2) is 6.10 Å². The van der Waals surface area contributed by atoms with E-state index in [4.69, 9.17) is 4.74 Å². The van der Waals surface area contributed by atoms with E-state index in [2.05, 4.69) is 15.5 Å². The zero-order chi connectivity index (χ0) is 16.8. The van der Waals surface area contributed by atoms with Crippen LogP contribution < -0.4 is 10.2 Å². The number of ether oxygens (including phenoxy) is 1. The Labute approximate surface area is 140 Å². The summed E-state index contributed by atoms with van der Waals surface area (Å²) in [5.41, 5.74) is 3.28. The number of carbonyl (C=O) groups excluding carboxylic acids is 1. The van der Waals surface area contributed by atoms with Crippen molar-refractivity contribution < 1.29 is 9.53 Å². The molecule has 0 saturated heterocycles. The Kier molecular flexibility index (Phi) is 4.81. The highest BCUT2D eigenvalue weighted by Crippen LogP contribution is 2.25. The number of carbonyl (C=O) groups is 1. The third-order valence-corrected chi connectivity index (χ3v) is 3.50. The van der Waals surface area contributed by atoms with Crippen molar-refractivity contribution in [1.29, 1.82) is 0 Å². The Bertz CT molecular complexity index is 857. The number of hydrogen-bond acceptors (Lipinski definition) is 4. The third-order valence-electron chi connectivity index (χ3n) is 3.50. The highest BCUT2D eigenvalue weighted by atomic mass is 16.5. The first kappa shape index (κ1) is 15.7. The molecule has 0 fully saturated rings. The molecule has 0 bridgehead atoms. The summed E-state index contributed by atoms with van der Waals surface area (Å²) in [7, 11) is 0. The monoisotopic (exact) mass is 319 g/mol. The van der Waals surface area contributed by atoms with Crippen molar-refractivity contribution in [2.45, 2.75) is 13.0 Å². The molecule has 0 aliphatic carbocycles. The Morgan fingerprint density at radius 3 is 2.83 bits per heavy atom. The summed E-state index contributed by atoms with van der Waals surface area (Å²) in [5.74, 6) is 0.357. The number of pyridine rings is 1. The van der Waals surface area contributed by atoms with Gasteiger partial charge in [-0.1, -0.05) is 42.5 Å². The van der Waals surface area contributed by atoms with E-state index in [1.165, 1.54) is 6.21 Å². The standard InChI is InChI=1S/C19H17N3O2/c1-14(19(23)22-21-13-15-6-5-11-20-12-15)24-18-10-4-8-16-7-2-3-9-17(16)18/h2-14H,1H3,(H,22,23)/b21-13-/t14-/m0/s1. The van der Waals surface area contributed by atoms with E-state index in [9.17, 15) is 4.79 Å². The summed E-state index contributed by atoms with van der Waals surface area (Å²) in [6.07, 6.45) is 4.21. The molecule has 2 aromatic carbocycles. The zero-order valence-electron chi connectivity index (χ0n) is 13.2. The van der Waals surface area contributed by atoms with Crippen molar-refractivity contribution in [2.24, 2.45) is 5.10 Å². The molecule has 0 spiro atoms. The molecule has 0 aliphatic rings. The van der Waals surface area contributed by atoms with Crippen LogP contribution in [-0.4, -0.2) is 23.2 Å². The molecule has 5 heteroatoms. The van der Waals surface area contributed by atoms with Crippen LogP contribution in [-0.2, 0) is 4.79 Å². The average Bonchev–Trinajstić information content (AvgIpc) is 2.63. The van der Waals surface area contributed by atoms with Gasteiger partial charge in [-0.15, -0.1) is 0 Å². The average molecular weight is 319 g/mol. The van der Waals surface area contributed by atoms with Gasteiger partial charge in [-0.3, -0.25) is 9.78 Å². The van der Waals surface area contributed by atoms with Crippen LogP contribution >= 0.6 is 0 Å². The Morgan fingerprint density at radius 2 is 2.00 bits per heavy atom. The van der Waals surface area contributed by atoms with E-state index in [1.807, 2.05) is 48.5 Å². The van der Waals surface area contributed by atoms with Gasteiger partial charge in [-0.05, 0) is 24.4 Å². The summed E-state index contributed by atoms with van der Waals surface area (Å²) >= 11 is 0. The smallest absolute Gasteiger partial charge is 0.280 e. The first-order valence-electron chi connectivity index (χ1n) is 7.61. The predicted molar refractivity (Wildman–Crippen MR) is 94.0 cm³/mol. The van der Waals surface area contributed by atoms with Crippen molar-refractivity contribution in [2.75, 3.05) is 0 Å². The molecule has 1 atom stereocenters. The number of nitrogens with zero attached hydrogens (tertiary/aromatic N) is 2. The topological polar surface area (TPSA) is 63.6 Å². The molecule has 0 radical (unpaired) electrons. The van der Waals surface area contributed by atoms with E-state index >= 15 is 0 Å². The molecular weight excluding hydrogens is 302 g/mol. The van der Waals surface area contributed by atoms with Gasteiger partial charge in [0, 0.05) is 23.3 Å². The highest BCUT2D eigenvalue weighted by molar-refractivity contribution is 5.89. The number of amides is 1. The summed E-state index contributed by atoms with van der Waals surface area (Å²) in [5, 5.41) is 5.96. The van der Waals surface area contributed by atoms with Crippen LogP contribution in [0.5, 0.6) is 5.75 Å². The molecule has 5 nitrogen and oxygen atoms in total. The molecule has 0 aliphatic heterocycles. The molecule has 3 rings (SSSR count). The molecule has 0 saturated carbocycles. The van der Waals surface area contributed by atoms with E-state index in [0.717, 1.165) is 16.3 Å². The summed E-state index contributed by atoms with van der Waals surface area (Å²) in [6.45, 7) is 1.69. The van der Waals surface area contributed by atoms with Gasteiger partial charge >= 0.3 is 0 Å². The first-order chi connectivity index (χ1) is 11.7. The van der Waals surface area contributed by atoms with Crippen molar-refractivity contribution >= 4 is 22.9 Å². The van der Waals surface area contributed by atoms with Gasteiger partial charge in [0.05, 0.1) is 6.21 Å². The van der Waals surface area contributed by atoms with Crippen LogP contribution in [0.25, 0.3) is 10.8 Å². The second-order valence-electron chi connectivity index (χ2n) is 5.26. The molecule has 120 valence electrons. The Morgan fingerprint density at radius 1 is 1.17 bits per heavy atom. The van der Waals surface area contributed by atoms with Crippen LogP contribution in [0.15, 0.2) is 72.1 Å². The second kappa shape index (κ2) is 7.37. The number of aromatic nitrogens is 1. The molecule has 1 aromatic heterocycles. The zero-order valence-corrected chi connectivity index (χ0v) is 13.2. The molecule has 0 unspecified atom stereocenters. The maximum Gasteiger partial charge on any atom is 0.280 e.